The molecule has 0 unspecified atom stereocenters. The first-order valence-electron chi connectivity index (χ1n) is 5.09. The van der Waals surface area contributed by atoms with Gasteiger partial charge >= 0.3 is 0 Å². The topological polar surface area (TPSA) is 0 Å². The number of hydrogen-bond donors (Lipinski definition) is 0. The fourth-order valence-corrected chi connectivity index (χ4v) is 1.18. The predicted octanol–water partition coefficient (Wildman–Crippen LogP) is 4.26. The van der Waals surface area contributed by atoms with Gasteiger partial charge in [-0.15, -0.1) is 0 Å². The standard InChI is InChI=1S/C14H17/c1-2-3-4-5-6-8-11-14-12-9-7-10-13-14/h4-5,7-13H,1-3,6H2. The van der Waals surface area contributed by atoms with Crippen molar-refractivity contribution in [2.45, 2.75) is 19.3 Å². The van der Waals surface area contributed by atoms with E-state index in [9.17, 15) is 0 Å². The Morgan fingerprint density at radius 1 is 1.00 bits per heavy atom. The number of allylic oxidation sites excluding steroid dienone is 3. The molecule has 73 valence electrons. The highest BCUT2D eigenvalue weighted by Crippen LogP contribution is 2.02. The number of benzene rings is 1. The zero-order valence-corrected chi connectivity index (χ0v) is 8.52. The third-order valence-corrected chi connectivity index (χ3v) is 1.92. The zero-order valence-electron chi connectivity index (χ0n) is 8.52. The van der Waals surface area contributed by atoms with Crippen LogP contribution in [0.2, 0.25) is 0 Å². The van der Waals surface area contributed by atoms with E-state index in [2.05, 4.69) is 55.5 Å². The average Bonchev–Trinajstić information content (AvgIpc) is 2.25. The molecule has 1 aromatic rings. The minimum absolute atomic E-state index is 0.985. The Kier molecular flexibility index (Phi) is 5.49. The van der Waals surface area contributed by atoms with Crippen LogP contribution in [0.3, 0.4) is 0 Å². The lowest BCUT2D eigenvalue weighted by Gasteiger charge is -1.89. The molecule has 0 aliphatic heterocycles. The first-order valence-corrected chi connectivity index (χ1v) is 5.09. The molecule has 0 atom stereocenters. The van der Waals surface area contributed by atoms with E-state index < -0.39 is 0 Å². The van der Waals surface area contributed by atoms with Crippen LogP contribution in [-0.4, -0.2) is 0 Å². The van der Waals surface area contributed by atoms with E-state index in [4.69, 9.17) is 0 Å². The molecule has 0 heteroatoms. The lowest BCUT2D eigenvalue weighted by atomic mass is 10.2. The van der Waals surface area contributed by atoms with Gasteiger partial charge in [0.25, 0.3) is 0 Å². The molecule has 1 aromatic carbocycles. The van der Waals surface area contributed by atoms with Crippen LogP contribution in [0, 0.1) is 6.92 Å². The van der Waals surface area contributed by atoms with Gasteiger partial charge in [0.15, 0.2) is 0 Å². The molecule has 1 radical (unpaired) electrons. The molecular formula is C14H17. The van der Waals surface area contributed by atoms with Crippen molar-refractivity contribution in [1.29, 1.82) is 0 Å². The van der Waals surface area contributed by atoms with Gasteiger partial charge in [0, 0.05) is 0 Å². The van der Waals surface area contributed by atoms with E-state index in [0.29, 0.717) is 0 Å². The van der Waals surface area contributed by atoms with Gasteiger partial charge in [0.2, 0.25) is 0 Å². The highest BCUT2D eigenvalue weighted by molar-refractivity contribution is 5.48. The summed E-state index contributed by atoms with van der Waals surface area (Å²) in [4.78, 5) is 0. The summed E-state index contributed by atoms with van der Waals surface area (Å²) in [5.41, 5.74) is 1.26. The van der Waals surface area contributed by atoms with Crippen molar-refractivity contribution in [3.8, 4) is 0 Å². The molecule has 0 amide bonds. The maximum Gasteiger partial charge on any atom is -0.0166 e. The quantitative estimate of drug-likeness (QED) is 0.601. The molecule has 0 saturated heterocycles. The Hall–Kier alpha value is -1.30. The average molecular weight is 185 g/mol. The van der Waals surface area contributed by atoms with E-state index in [1.165, 1.54) is 5.56 Å². The SMILES string of the molecule is [CH2]CCC=CCC=Cc1ccccc1. The molecule has 0 aliphatic rings. The van der Waals surface area contributed by atoms with Crippen LogP contribution >= 0.6 is 0 Å². The summed E-state index contributed by atoms with van der Waals surface area (Å²) in [5, 5.41) is 0. The van der Waals surface area contributed by atoms with E-state index in [1.54, 1.807) is 0 Å². The second kappa shape index (κ2) is 7.14. The van der Waals surface area contributed by atoms with Gasteiger partial charge in [-0.25, -0.2) is 0 Å². The van der Waals surface area contributed by atoms with Crippen molar-refractivity contribution >= 4 is 6.08 Å². The van der Waals surface area contributed by atoms with Crippen LogP contribution in [-0.2, 0) is 0 Å². The summed E-state index contributed by atoms with van der Waals surface area (Å²) >= 11 is 0. The Morgan fingerprint density at radius 3 is 2.50 bits per heavy atom. The van der Waals surface area contributed by atoms with Gasteiger partial charge in [-0.1, -0.05) is 61.6 Å². The summed E-state index contributed by atoms with van der Waals surface area (Å²) < 4.78 is 0. The Labute approximate surface area is 87.0 Å². The second-order valence-corrected chi connectivity index (χ2v) is 3.16. The summed E-state index contributed by atoms with van der Waals surface area (Å²) in [6.07, 6.45) is 11.8. The molecule has 0 bridgehead atoms. The van der Waals surface area contributed by atoms with Gasteiger partial charge in [-0.05, 0) is 24.8 Å². The molecule has 0 N–H and O–H groups in total. The van der Waals surface area contributed by atoms with Crippen LogP contribution in [0.4, 0.5) is 0 Å². The normalized spacial score (nSPS) is 11.5. The van der Waals surface area contributed by atoms with Crippen molar-refractivity contribution in [2.24, 2.45) is 0 Å². The van der Waals surface area contributed by atoms with E-state index >= 15 is 0 Å². The highest BCUT2D eigenvalue weighted by atomic mass is 13.9. The summed E-state index contributed by atoms with van der Waals surface area (Å²) in [5.74, 6) is 0. The molecular weight excluding hydrogens is 168 g/mol. The Bertz CT molecular complexity index is 280. The lowest BCUT2D eigenvalue weighted by Crippen LogP contribution is -1.68. The van der Waals surface area contributed by atoms with Gasteiger partial charge in [-0.3, -0.25) is 0 Å². The van der Waals surface area contributed by atoms with Crippen LogP contribution in [0.5, 0.6) is 0 Å². The van der Waals surface area contributed by atoms with Crippen molar-refractivity contribution in [3.63, 3.8) is 0 Å². The van der Waals surface area contributed by atoms with E-state index in [-0.39, 0.29) is 0 Å². The predicted molar refractivity (Wildman–Crippen MR) is 63.8 cm³/mol. The van der Waals surface area contributed by atoms with Crippen LogP contribution in [0.1, 0.15) is 24.8 Å². The first kappa shape index (κ1) is 10.8. The van der Waals surface area contributed by atoms with E-state index in [1.807, 2.05) is 6.07 Å². The van der Waals surface area contributed by atoms with Crippen LogP contribution in [0.25, 0.3) is 6.08 Å². The maximum absolute atomic E-state index is 3.78. The minimum Gasteiger partial charge on any atom is -0.0882 e. The summed E-state index contributed by atoms with van der Waals surface area (Å²) in [6.45, 7) is 3.78. The zero-order chi connectivity index (χ0) is 10.1. The van der Waals surface area contributed by atoms with Gasteiger partial charge in [-0.2, -0.15) is 0 Å². The van der Waals surface area contributed by atoms with Gasteiger partial charge < -0.3 is 0 Å². The third-order valence-electron chi connectivity index (χ3n) is 1.92. The molecule has 1 rings (SSSR count). The Morgan fingerprint density at radius 2 is 1.79 bits per heavy atom. The lowest BCUT2D eigenvalue weighted by molar-refractivity contribution is 1.04. The number of rotatable bonds is 5. The smallest absolute Gasteiger partial charge is 0.0166 e. The monoisotopic (exact) mass is 185 g/mol. The molecule has 0 fully saturated rings. The van der Waals surface area contributed by atoms with Crippen LogP contribution < -0.4 is 0 Å². The van der Waals surface area contributed by atoms with Crippen LogP contribution in [0.15, 0.2) is 48.6 Å². The minimum atomic E-state index is 0.985. The number of unbranched alkanes of at least 4 members (excludes halogenated alkanes) is 1. The third kappa shape index (κ3) is 4.66. The molecule has 0 aliphatic carbocycles. The second-order valence-electron chi connectivity index (χ2n) is 3.16. The first-order chi connectivity index (χ1) is 6.93. The maximum atomic E-state index is 3.78. The molecule has 0 spiro atoms. The molecule has 0 aromatic heterocycles. The summed E-state index contributed by atoms with van der Waals surface area (Å²) in [6, 6.07) is 10.4. The highest BCUT2D eigenvalue weighted by Gasteiger charge is 1.80. The van der Waals surface area contributed by atoms with Crippen molar-refractivity contribution in [3.05, 3.63) is 61.0 Å². The largest absolute Gasteiger partial charge is 0.0882 e. The van der Waals surface area contributed by atoms with Crippen molar-refractivity contribution < 1.29 is 0 Å². The summed E-state index contributed by atoms with van der Waals surface area (Å²) in [7, 11) is 0. The van der Waals surface area contributed by atoms with E-state index in [0.717, 1.165) is 19.3 Å². The van der Waals surface area contributed by atoms with Gasteiger partial charge in [0.1, 0.15) is 0 Å². The fourth-order valence-electron chi connectivity index (χ4n) is 1.18. The molecule has 0 nitrogen and oxygen atoms in total. The van der Waals surface area contributed by atoms with Crippen molar-refractivity contribution in [1.82, 2.24) is 0 Å². The molecule has 0 saturated carbocycles. The molecule has 14 heavy (non-hydrogen) atoms. The number of hydrogen-bond acceptors (Lipinski definition) is 0. The molecule has 0 heterocycles. The Balaban J connectivity index is 2.28. The van der Waals surface area contributed by atoms with Crippen molar-refractivity contribution in [2.75, 3.05) is 0 Å². The van der Waals surface area contributed by atoms with Gasteiger partial charge in [0.05, 0.1) is 0 Å². The fraction of sp³-hybridized carbons (Fsp3) is 0.214.